The van der Waals surface area contributed by atoms with Crippen molar-refractivity contribution >= 4 is 37.5 Å². The molecule has 1 N–H and O–H groups in total. The second-order valence-electron chi connectivity index (χ2n) is 3.68. The molecule has 1 aromatic heterocycles. The monoisotopic (exact) mass is 228 g/mol. The van der Waals surface area contributed by atoms with Gasteiger partial charge in [-0.05, 0) is 18.4 Å². The van der Waals surface area contributed by atoms with Crippen LogP contribution in [-0.4, -0.2) is 11.5 Å². The summed E-state index contributed by atoms with van der Waals surface area (Å²) < 4.78 is 1.27. The summed E-state index contributed by atoms with van der Waals surface area (Å²) in [6.45, 7) is 3.00. The lowest BCUT2D eigenvalue weighted by atomic mass is 10.1. The minimum absolute atomic E-state index is 0.914. The number of aromatic nitrogens is 1. The first-order valence-electron chi connectivity index (χ1n) is 5.40. The highest BCUT2D eigenvalue weighted by atomic mass is 32.1. The van der Waals surface area contributed by atoms with Gasteiger partial charge in [-0.15, -0.1) is 0 Å². The highest BCUT2D eigenvalue weighted by Gasteiger charge is 2.05. The summed E-state index contributed by atoms with van der Waals surface area (Å²) in [5.74, 6) is 0. The molecule has 0 saturated heterocycles. The van der Waals surface area contributed by atoms with Gasteiger partial charge in [0.2, 0.25) is 0 Å². The van der Waals surface area contributed by atoms with Crippen molar-refractivity contribution in [2.24, 2.45) is 0 Å². The Hall–Kier alpha value is -1.61. The largest absolute Gasteiger partial charge is 0.362 e. The van der Waals surface area contributed by atoms with E-state index in [-0.39, 0.29) is 0 Å². The minimum atomic E-state index is 0.914. The normalized spacial score (nSPS) is 11.1. The predicted octanol–water partition coefficient (Wildman–Crippen LogP) is 3.88. The standard InChI is InChI=1S/C13H12N2S/c1-2-14-13-15-11-8-7-9-5-3-4-6-10(9)12(11)16-13/h3-8H,2H2,1H3,(H,14,15). The van der Waals surface area contributed by atoms with Crippen molar-refractivity contribution < 1.29 is 0 Å². The van der Waals surface area contributed by atoms with Crippen LogP contribution >= 0.6 is 11.3 Å². The van der Waals surface area contributed by atoms with E-state index in [4.69, 9.17) is 0 Å². The first-order valence-corrected chi connectivity index (χ1v) is 6.22. The molecule has 0 saturated carbocycles. The maximum atomic E-state index is 4.56. The summed E-state index contributed by atoms with van der Waals surface area (Å²) in [7, 11) is 0. The van der Waals surface area contributed by atoms with Gasteiger partial charge in [0.05, 0.1) is 10.2 Å². The van der Waals surface area contributed by atoms with Crippen LogP contribution in [0.5, 0.6) is 0 Å². The Labute approximate surface area is 97.9 Å². The van der Waals surface area contributed by atoms with Crippen molar-refractivity contribution in [1.82, 2.24) is 4.98 Å². The lowest BCUT2D eigenvalue weighted by Gasteiger charge is -1.96. The molecule has 0 atom stereocenters. The minimum Gasteiger partial charge on any atom is -0.362 e. The van der Waals surface area contributed by atoms with Crippen LogP contribution in [0.1, 0.15) is 6.92 Å². The van der Waals surface area contributed by atoms with E-state index in [2.05, 4.69) is 53.6 Å². The fourth-order valence-electron chi connectivity index (χ4n) is 1.88. The van der Waals surface area contributed by atoms with Gasteiger partial charge in [-0.2, -0.15) is 0 Å². The Bertz CT molecular complexity index is 643. The van der Waals surface area contributed by atoms with Gasteiger partial charge in [0.25, 0.3) is 0 Å². The van der Waals surface area contributed by atoms with Crippen LogP contribution in [0.2, 0.25) is 0 Å². The van der Waals surface area contributed by atoms with E-state index in [1.165, 1.54) is 15.5 Å². The zero-order valence-corrected chi connectivity index (χ0v) is 9.84. The van der Waals surface area contributed by atoms with Crippen molar-refractivity contribution in [3.05, 3.63) is 36.4 Å². The number of nitrogens with zero attached hydrogens (tertiary/aromatic N) is 1. The first-order chi connectivity index (χ1) is 7.88. The third-order valence-corrected chi connectivity index (χ3v) is 3.67. The van der Waals surface area contributed by atoms with E-state index in [0.29, 0.717) is 0 Å². The lowest BCUT2D eigenvalue weighted by molar-refractivity contribution is 1.20. The molecule has 0 aliphatic heterocycles. The average Bonchev–Trinajstić information content (AvgIpc) is 2.72. The zero-order valence-electron chi connectivity index (χ0n) is 9.03. The number of anilines is 1. The molecule has 0 amide bonds. The van der Waals surface area contributed by atoms with E-state index < -0.39 is 0 Å². The van der Waals surface area contributed by atoms with E-state index in [0.717, 1.165) is 17.2 Å². The van der Waals surface area contributed by atoms with Gasteiger partial charge in [-0.1, -0.05) is 41.7 Å². The van der Waals surface area contributed by atoms with Crippen LogP contribution in [0.25, 0.3) is 21.0 Å². The number of thiazole rings is 1. The number of hydrogen-bond donors (Lipinski definition) is 1. The molecule has 0 fully saturated rings. The van der Waals surface area contributed by atoms with Crippen molar-refractivity contribution in [1.29, 1.82) is 0 Å². The molecule has 3 heteroatoms. The second kappa shape index (κ2) is 3.76. The highest BCUT2D eigenvalue weighted by molar-refractivity contribution is 7.23. The molecule has 0 bridgehead atoms. The Morgan fingerprint density at radius 1 is 1.19 bits per heavy atom. The number of rotatable bonds is 2. The second-order valence-corrected chi connectivity index (χ2v) is 4.68. The van der Waals surface area contributed by atoms with Crippen molar-refractivity contribution in [2.45, 2.75) is 6.92 Å². The molecule has 0 spiro atoms. The summed E-state index contributed by atoms with van der Waals surface area (Å²) in [5, 5.41) is 6.85. The molecule has 1 heterocycles. The molecule has 80 valence electrons. The van der Waals surface area contributed by atoms with E-state index >= 15 is 0 Å². The summed E-state index contributed by atoms with van der Waals surface area (Å²) in [5.41, 5.74) is 1.08. The Morgan fingerprint density at radius 3 is 2.94 bits per heavy atom. The van der Waals surface area contributed by atoms with Gasteiger partial charge in [0, 0.05) is 11.9 Å². The van der Waals surface area contributed by atoms with Crippen LogP contribution in [0.4, 0.5) is 5.13 Å². The molecule has 16 heavy (non-hydrogen) atoms. The van der Waals surface area contributed by atoms with Crippen molar-refractivity contribution in [3.8, 4) is 0 Å². The Balaban J connectivity index is 2.32. The number of benzene rings is 2. The molecule has 0 radical (unpaired) electrons. The van der Waals surface area contributed by atoms with Crippen LogP contribution in [0.3, 0.4) is 0 Å². The third-order valence-electron chi connectivity index (χ3n) is 2.61. The van der Waals surface area contributed by atoms with E-state index in [1.807, 2.05) is 0 Å². The maximum absolute atomic E-state index is 4.56. The van der Waals surface area contributed by atoms with Crippen molar-refractivity contribution in [3.63, 3.8) is 0 Å². The molecule has 3 aromatic rings. The SMILES string of the molecule is CCNc1nc2ccc3ccccc3c2s1. The van der Waals surface area contributed by atoms with Crippen LogP contribution in [0.15, 0.2) is 36.4 Å². The van der Waals surface area contributed by atoms with Crippen molar-refractivity contribution in [2.75, 3.05) is 11.9 Å². The summed E-state index contributed by atoms with van der Waals surface area (Å²) in [6, 6.07) is 12.7. The molecular weight excluding hydrogens is 216 g/mol. The fourth-order valence-corrected chi connectivity index (χ4v) is 2.95. The first kappa shape index (κ1) is 9.60. The molecule has 0 aliphatic rings. The van der Waals surface area contributed by atoms with E-state index in [9.17, 15) is 0 Å². The topological polar surface area (TPSA) is 24.9 Å². The zero-order chi connectivity index (χ0) is 11.0. The van der Waals surface area contributed by atoms with Gasteiger partial charge >= 0.3 is 0 Å². The molecule has 3 rings (SSSR count). The van der Waals surface area contributed by atoms with Crippen LogP contribution < -0.4 is 5.32 Å². The van der Waals surface area contributed by atoms with Gasteiger partial charge < -0.3 is 5.32 Å². The van der Waals surface area contributed by atoms with Gasteiger partial charge in [-0.25, -0.2) is 4.98 Å². The number of hydrogen-bond acceptors (Lipinski definition) is 3. The third kappa shape index (κ3) is 1.44. The van der Waals surface area contributed by atoms with E-state index in [1.54, 1.807) is 11.3 Å². The molecule has 2 nitrogen and oxygen atoms in total. The summed E-state index contributed by atoms with van der Waals surface area (Å²) in [6.07, 6.45) is 0. The van der Waals surface area contributed by atoms with Gasteiger partial charge in [0.1, 0.15) is 0 Å². The molecule has 0 aliphatic carbocycles. The Kier molecular flexibility index (Phi) is 2.26. The number of fused-ring (bicyclic) bond motifs is 3. The lowest BCUT2D eigenvalue weighted by Crippen LogP contribution is -1.94. The molecule has 0 unspecified atom stereocenters. The van der Waals surface area contributed by atoms with Gasteiger partial charge in [0.15, 0.2) is 5.13 Å². The maximum Gasteiger partial charge on any atom is 0.183 e. The van der Waals surface area contributed by atoms with Gasteiger partial charge in [-0.3, -0.25) is 0 Å². The quantitative estimate of drug-likeness (QED) is 0.720. The summed E-state index contributed by atoms with van der Waals surface area (Å²) >= 11 is 1.73. The predicted molar refractivity (Wildman–Crippen MR) is 71.3 cm³/mol. The summed E-state index contributed by atoms with van der Waals surface area (Å²) in [4.78, 5) is 4.56. The number of nitrogens with one attached hydrogen (secondary N) is 1. The fraction of sp³-hybridized carbons (Fsp3) is 0.154. The smallest absolute Gasteiger partial charge is 0.183 e. The molecular formula is C13H12N2S. The van der Waals surface area contributed by atoms with Crippen LogP contribution in [0, 0.1) is 0 Å². The van der Waals surface area contributed by atoms with Crippen LogP contribution in [-0.2, 0) is 0 Å². The average molecular weight is 228 g/mol. The Morgan fingerprint density at radius 2 is 2.06 bits per heavy atom. The highest BCUT2D eigenvalue weighted by Crippen LogP contribution is 2.32. The molecule has 2 aromatic carbocycles.